The van der Waals surface area contributed by atoms with Crippen LogP contribution in [0.3, 0.4) is 0 Å². The first-order valence-electron chi connectivity index (χ1n) is 0.878. The summed E-state index contributed by atoms with van der Waals surface area (Å²) in [6.45, 7) is 0.750. The van der Waals surface area contributed by atoms with E-state index >= 15 is 0 Å². The average molecular weight is 130 g/mol. The molecule has 0 aromatic rings. The van der Waals surface area contributed by atoms with Crippen LogP contribution in [0.25, 0.3) is 0 Å². The summed E-state index contributed by atoms with van der Waals surface area (Å²) >= 11 is 0. The first-order chi connectivity index (χ1) is 1.73. The fourth-order valence-corrected chi connectivity index (χ4v) is 0. The van der Waals surface area contributed by atoms with E-state index < -0.39 is 6.43 Å². The molecule has 0 radical (unpaired) electrons. The minimum atomic E-state index is -1.58. The van der Waals surface area contributed by atoms with Gasteiger partial charge in [0.1, 0.15) is 0 Å². The molecule has 0 aromatic heterocycles. The smallest absolute Gasteiger partial charge is 0 e. The first-order valence-corrected chi connectivity index (χ1v) is 0.878. The van der Waals surface area contributed by atoms with Crippen LogP contribution < -0.4 is 0 Å². The second-order valence-electron chi connectivity index (χ2n) is 0.449. The van der Waals surface area contributed by atoms with Crippen LogP contribution in [-0.4, -0.2) is 0 Å². The van der Waals surface area contributed by atoms with Gasteiger partial charge in [-0.05, 0) is 6.43 Å². The summed E-state index contributed by atoms with van der Waals surface area (Å²) in [7, 11) is 0. The maximum Gasteiger partial charge on any atom is 0 e. The van der Waals surface area contributed by atoms with E-state index in [2.05, 4.69) is 0 Å². The van der Waals surface area contributed by atoms with Crippen LogP contribution in [0.1, 0.15) is 6.92 Å². The number of halogens is 2. The number of hydrogen-bond acceptors (Lipinski definition) is 0. The molecule has 0 amide bonds. The molecule has 0 atom stereocenters. The van der Waals surface area contributed by atoms with Crippen LogP contribution in [0.5, 0.6) is 0 Å². The first kappa shape index (κ1) is 9.08. The maximum atomic E-state index is 10.2. The minimum absolute atomic E-state index is 0. The molecule has 0 aliphatic rings. The van der Waals surface area contributed by atoms with Gasteiger partial charge >= 0.3 is 0 Å². The third-order valence-corrected chi connectivity index (χ3v) is 0. The van der Waals surface area contributed by atoms with E-state index in [0.717, 1.165) is 6.92 Å². The van der Waals surface area contributed by atoms with E-state index in [9.17, 15) is 8.78 Å². The SMILES string of the molecule is C[C-](F)F.[Zn]. The summed E-state index contributed by atoms with van der Waals surface area (Å²) < 4.78 is 20.5. The fraction of sp³-hybridized carbons (Fsp3) is 0.500. The Hall–Kier alpha value is 0.483. The Balaban J connectivity index is 0. The molecule has 0 saturated carbocycles. The van der Waals surface area contributed by atoms with Crippen LogP contribution in [0, 0.1) is 6.43 Å². The van der Waals surface area contributed by atoms with Crippen LogP contribution >= 0.6 is 0 Å². The molecule has 0 heterocycles. The van der Waals surface area contributed by atoms with Gasteiger partial charge < -0.3 is 8.78 Å². The molecule has 0 aliphatic carbocycles. The predicted molar refractivity (Wildman–Crippen MR) is 11.1 cm³/mol. The summed E-state index contributed by atoms with van der Waals surface area (Å²) in [5, 5.41) is 0. The van der Waals surface area contributed by atoms with Gasteiger partial charge in [-0.25, -0.2) is 0 Å². The van der Waals surface area contributed by atoms with Gasteiger partial charge in [-0.3, -0.25) is 0 Å². The van der Waals surface area contributed by atoms with E-state index in [1.807, 2.05) is 0 Å². The molecule has 0 rings (SSSR count). The van der Waals surface area contributed by atoms with Crippen molar-refractivity contribution in [3.63, 3.8) is 0 Å². The summed E-state index contributed by atoms with van der Waals surface area (Å²) in [6, 6.07) is 0. The van der Waals surface area contributed by atoms with Crippen molar-refractivity contribution in [3.8, 4) is 0 Å². The van der Waals surface area contributed by atoms with E-state index in [1.165, 1.54) is 0 Å². The Morgan fingerprint density at radius 3 is 1.40 bits per heavy atom. The van der Waals surface area contributed by atoms with Crippen molar-refractivity contribution in [1.29, 1.82) is 0 Å². The second-order valence-corrected chi connectivity index (χ2v) is 0.449. The van der Waals surface area contributed by atoms with Crippen LogP contribution in [0.2, 0.25) is 0 Å². The molecule has 5 heavy (non-hydrogen) atoms. The molecule has 3 heteroatoms. The Morgan fingerprint density at radius 1 is 1.40 bits per heavy atom. The summed E-state index contributed by atoms with van der Waals surface area (Å²) in [5.74, 6) is 0. The second kappa shape index (κ2) is 4.48. The standard InChI is InChI=1S/C2H3F2.Zn/c1-2(3)4;/h1H3;/q-1;. The summed E-state index contributed by atoms with van der Waals surface area (Å²) in [6.07, 6.45) is -1.58. The molecule has 0 saturated heterocycles. The van der Waals surface area contributed by atoms with Gasteiger partial charge in [-0.2, -0.15) is 0 Å². The van der Waals surface area contributed by atoms with Crippen molar-refractivity contribution in [2.45, 2.75) is 6.92 Å². The molecule has 0 bridgehead atoms. The van der Waals surface area contributed by atoms with Crippen LogP contribution in [-0.2, 0) is 19.5 Å². The van der Waals surface area contributed by atoms with Crippen molar-refractivity contribution in [2.75, 3.05) is 0 Å². The third kappa shape index (κ3) is 118. The third-order valence-electron chi connectivity index (χ3n) is 0. The van der Waals surface area contributed by atoms with E-state index in [-0.39, 0.29) is 19.5 Å². The minimum Gasteiger partial charge on any atom is -0.422 e. The average Bonchev–Trinajstić information content (AvgIpc) is 0.811. The zero-order chi connectivity index (χ0) is 3.58. The van der Waals surface area contributed by atoms with Crippen molar-refractivity contribution < 1.29 is 28.3 Å². The number of hydrogen-bond donors (Lipinski definition) is 0. The van der Waals surface area contributed by atoms with E-state index in [0.29, 0.717) is 0 Å². The monoisotopic (exact) mass is 129 g/mol. The van der Waals surface area contributed by atoms with Gasteiger partial charge in [-0.1, -0.05) is 0 Å². The Bertz CT molecular complexity index is 12.4. The quantitative estimate of drug-likeness (QED) is 0.344. The van der Waals surface area contributed by atoms with Gasteiger partial charge in [0, 0.05) is 19.5 Å². The molecule has 0 fully saturated rings. The Labute approximate surface area is 42.3 Å². The Kier molecular flexibility index (Phi) is 8.15. The van der Waals surface area contributed by atoms with Crippen molar-refractivity contribution in [1.82, 2.24) is 0 Å². The number of rotatable bonds is 0. The molecule has 28 valence electrons. The van der Waals surface area contributed by atoms with E-state index in [4.69, 9.17) is 0 Å². The maximum absolute atomic E-state index is 10.2. The molecule has 0 N–H and O–H groups in total. The van der Waals surface area contributed by atoms with E-state index in [1.54, 1.807) is 0 Å². The Morgan fingerprint density at radius 2 is 1.40 bits per heavy atom. The molecule has 0 aromatic carbocycles. The molecule has 0 spiro atoms. The predicted octanol–water partition coefficient (Wildman–Crippen LogP) is 1.43. The topological polar surface area (TPSA) is 0 Å². The van der Waals surface area contributed by atoms with Crippen molar-refractivity contribution >= 4 is 0 Å². The van der Waals surface area contributed by atoms with Gasteiger partial charge in [0.2, 0.25) is 0 Å². The van der Waals surface area contributed by atoms with Crippen molar-refractivity contribution in [3.05, 3.63) is 6.43 Å². The largest absolute Gasteiger partial charge is 0.422 e. The normalized spacial score (nSPS) is 7.20. The van der Waals surface area contributed by atoms with Gasteiger partial charge in [0.15, 0.2) is 0 Å². The van der Waals surface area contributed by atoms with Crippen molar-refractivity contribution in [2.24, 2.45) is 0 Å². The van der Waals surface area contributed by atoms with Crippen LogP contribution in [0.4, 0.5) is 8.78 Å². The zero-order valence-electron chi connectivity index (χ0n) is 2.96. The molecule has 0 nitrogen and oxygen atoms in total. The molecule has 0 aliphatic heterocycles. The molecule has 0 unspecified atom stereocenters. The summed E-state index contributed by atoms with van der Waals surface area (Å²) in [5.41, 5.74) is 0. The summed E-state index contributed by atoms with van der Waals surface area (Å²) in [4.78, 5) is 0. The fourth-order valence-electron chi connectivity index (χ4n) is 0. The molecular formula is C2H3F2Zn-. The van der Waals surface area contributed by atoms with Gasteiger partial charge in [-0.15, -0.1) is 6.92 Å². The molecular weight excluding hydrogens is 127 g/mol. The van der Waals surface area contributed by atoms with Crippen LogP contribution in [0.15, 0.2) is 0 Å². The zero-order valence-corrected chi connectivity index (χ0v) is 5.93. The van der Waals surface area contributed by atoms with Gasteiger partial charge in [0.25, 0.3) is 0 Å². The van der Waals surface area contributed by atoms with Gasteiger partial charge in [0.05, 0.1) is 0 Å².